The minimum atomic E-state index is -0.377. The van der Waals surface area contributed by atoms with Crippen molar-refractivity contribution in [1.29, 1.82) is 0 Å². The number of unbranched alkanes of at least 4 members (excludes halogenated alkanes) is 1. The lowest BCUT2D eigenvalue weighted by Crippen LogP contribution is -2.18. The summed E-state index contributed by atoms with van der Waals surface area (Å²) in [7, 11) is 0. The molecule has 1 amide bonds. The van der Waals surface area contributed by atoms with Crippen LogP contribution in [-0.2, 0) is 0 Å². The van der Waals surface area contributed by atoms with Gasteiger partial charge in [0.15, 0.2) is 0 Å². The van der Waals surface area contributed by atoms with E-state index in [4.69, 9.17) is 4.74 Å². The van der Waals surface area contributed by atoms with Crippen LogP contribution < -0.4 is 10.2 Å². The molecule has 138 valence electrons. The number of aromatic amines is 1. The average molecular weight is 363 g/mol. The first-order valence-corrected chi connectivity index (χ1v) is 8.79. The Morgan fingerprint density at radius 3 is 3.00 bits per heavy atom. The van der Waals surface area contributed by atoms with E-state index >= 15 is 0 Å². The topological polar surface area (TPSA) is 92.3 Å². The van der Waals surface area contributed by atoms with Gasteiger partial charge >= 0.3 is 0 Å². The Kier molecular flexibility index (Phi) is 6.30. The van der Waals surface area contributed by atoms with Gasteiger partial charge in [-0.1, -0.05) is 31.5 Å². The van der Waals surface area contributed by atoms with Crippen molar-refractivity contribution in [3.8, 4) is 17.0 Å². The number of hydrogen-bond donors (Lipinski definition) is 2. The van der Waals surface area contributed by atoms with Gasteiger partial charge in [0.05, 0.1) is 18.5 Å². The van der Waals surface area contributed by atoms with Crippen LogP contribution in [0, 0.1) is 0 Å². The summed E-state index contributed by atoms with van der Waals surface area (Å²) in [4.78, 5) is 16.2. The number of benzene rings is 1. The van der Waals surface area contributed by atoms with Crippen LogP contribution >= 0.6 is 0 Å². The highest BCUT2D eigenvalue weighted by Crippen LogP contribution is 2.28. The lowest BCUT2D eigenvalue weighted by atomic mass is 10.1. The number of rotatable bonds is 8. The van der Waals surface area contributed by atoms with Crippen molar-refractivity contribution in [2.75, 3.05) is 6.61 Å². The van der Waals surface area contributed by atoms with Crippen LogP contribution in [0.3, 0.4) is 0 Å². The molecule has 2 N–H and O–H groups in total. The summed E-state index contributed by atoms with van der Waals surface area (Å²) in [6.07, 6.45) is 6.90. The Balaban J connectivity index is 1.68. The average Bonchev–Trinajstić information content (AvgIpc) is 3.19. The van der Waals surface area contributed by atoms with Crippen LogP contribution in [0.4, 0.5) is 0 Å². The number of carbonyl (C=O) groups excluding carboxylic acids is 1. The normalized spacial score (nSPS) is 10.9. The van der Waals surface area contributed by atoms with Crippen LogP contribution in [0.25, 0.3) is 11.3 Å². The van der Waals surface area contributed by atoms with E-state index in [1.807, 2.05) is 30.3 Å². The third-order valence-corrected chi connectivity index (χ3v) is 3.81. The summed E-state index contributed by atoms with van der Waals surface area (Å²) in [6.45, 7) is 2.76. The molecule has 1 aromatic carbocycles. The maximum atomic E-state index is 12.2. The smallest absolute Gasteiger partial charge is 0.289 e. The van der Waals surface area contributed by atoms with Crippen molar-refractivity contribution in [2.24, 2.45) is 5.10 Å². The second kappa shape index (κ2) is 9.28. The second-order valence-electron chi connectivity index (χ2n) is 5.85. The number of nitrogens with zero attached hydrogens (tertiary/aromatic N) is 3. The van der Waals surface area contributed by atoms with Gasteiger partial charge in [0, 0.05) is 23.5 Å². The highest BCUT2D eigenvalue weighted by Gasteiger charge is 2.13. The lowest BCUT2D eigenvalue weighted by Gasteiger charge is -2.09. The summed E-state index contributed by atoms with van der Waals surface area (Å²) in [6, 6.07) is 13.0. The van der Waals surface area contributed by atoms with E-state index in [0.717, 1.165) is 29.7 Å². The number of hydrazone groups is 1. The summed E-state index contributed by atoms with van der Waals surface area (Å²) >= 11 is 0. The number of ether oxygens (including phenoxy) is 1. The number of H-pyrrole nitrogens is 1. The quantitative estimate of drug-likeness (QED) is 0.364. The number of aromatic nitrogens is 3. The molecular weight excluding hydrogens is 342 g/mol. The Hall–Kier alpha value is -3.48. The monoisotopic (exact) mass is 363 g/mol. The lowest BCUT2D eigenvalue weighted by molar-refractivity contribution is 0.0950. The fraction of sp³-hybridized carbons (Fsp3) is 0.200. The molecule has 0 spiro atoms. The molecule has 3 aromatic rings. The van der Waals surface area contributed by atoms with E-state index in [2.05, 4.69) is 32.6 Å². The van der Waals surface area contributed by atoms with Gasteiger partial charge < -0.3 is 4.74 Å². The molecule has 0 saturated carbocycles. The number of pyridine rings is 1. The molecule has 3 rings (SSSR count). The third-order valence-electron chi connectivity index (χ3n) is 3.81. The molecular formula is C20H21N5O2. The van der Waals surface area contributed by atoms with Crippen LogP contribution in [0.5, 0.6) is 5.75 Å². The van der Waals surface area contributed by atoms with Crippen molar-refractivity contribution in [1.82, 2.24) is 20.6 Å². The summed E-state index contributed by atoms with van der Waals surface area (Å²) in [5.74, 6) is 0.372. The first kappa shape index (κ1) is 18.3. The van der Waals surface area contributed by atoms with Crippen molar-refractivity contribution in [3.63, 3.8) is 0 Å². The SMILES string of the molecule is CCCCOc1ccccc1-c1cc(C(=O)N/N=C/c2cccnc2)[nH]n1. The van der Waals surface area contributed by atoms with Crippen molar-refractivity contribution in [3.05, 3.63) is 66.1 Å². The molecule has 0 saturated heterocycles. The van der Waals surface area contributed by atoms with Crippen molar-refractivity contribution >= 4 is 12.1 Å². The Morgan fingerprint density at radius 1 is 1.30 bits per heavy atom. The van der Waals surface area contributed by atoms with Gasteiger partial charge in [0.1, 0.15) is 11.4 Å². The maximum absolute atomic E-state index is 12.2. The predicted octanol–water partition coefficient (Wildman–Crippen LogP) is 3.41. The molecule has 7 nitrogen and oxygen atoms in total. The zero-order valence-electron chi connectivity index (χ0n) is 15.1. The van der Waals surface area contributed by atoms with E-state index in [-0.39, 0.29) is 5.91 Å². The van der Waals surface area contributed by atoms with Crippen LogP contribution in [0.1, 0.15) is 35.8 Å². The summed E-state index contributed by atoms with van der Waals surface area (Å²) < 4.78 is 5.83. The predicted molar refractivity (Wildman–Crippen MR) is 104 cm³/mol. The van der Waals surface area contributed by atoms with Crippen molar-refractivity contribution < 1.29 is 9.53 Å². The van der Waals surface area contributed by atoms with Gasteiger partial charge in [-0.2, -0.15) is 10.2 Å². The maximum Gasteiger partial charge on any atom is 0.289 e. The standard InChI is InChI=1S/C20H21N5O2/c1-2-3-11-27-19-9-5-4-8-16(19)17-12-18(24-23-17)20(26)25-22-14-15-7-6-10-21-13-15/h4-10,12-14H,2-3,11H2,1H3,(H,23,24)(H,25,26)/b22-14+. The molecule has 0 fully saturated rings. The van der Waals surface area contributed by atoms with Gasteiger partial charge in [-0.25, -0.2) is 5.43 Å². The second-order valence-corrected chi connectivity index (χ2v) is 5.85. The number of hydrogen-bond acceptors (Lipinski definition) is 5. The Morgan fingerprint density at radius 2 is 2.19 bits per heavy atom. The highest BCUT2D eigenvalue weighted by molar-refractivity contribution is 5.94. The van der Waals surface area contributed by atoms with E-state index in [1.165, 1.54) is 6.21 Å². The fourth-order valence-corrected chi connectivity index (χ4v) is 2.38. The van der Waals surface area contributed by atoms with Crippen LogP contribution in [-0.4, -0.2) is 33.9 Å². The fourth-order valence-electron chi connectivity index (χ4n) is 2.38. The number of nitrogens with one attached hydrogen (secondary N) is 2. The van der Waals surface area contributed by atoms with E-state index < -0.39 is 0 Å². The molecule has 0 aliphatic heterocycles. The Labute approximate surface area is 157 Å². The molecule has 0 aliphatic carbocycles. The van der Waals surface area contributed by atoms with E-state index in [9.17, 15) is 4.79 Å². The molecule has 0 aliphatic rings. The van der Waals surface area contributed by atoms with E-state index in [1.54, 1.807) is 24.5 Å². The molecule has 0 bridgehead atoms. The largest absolute Gasteiger partial charge is 0.493 e. The molecule has 2 aromatic heterocycles. The summed E-state index contributed by atoms with van der Waals surface area (Å²) in [5, 5.41) is 10.9. The molecule has 0 radical (unpaired) electrons. The van der Waals surface area contributed by atoms with Gasteiger partial charge in [-0.3, -0.25) is 14.9 Å². The van der Waals surface area contributed by atoms with E-state index in [0.29, 0.717) is 18.0 Å². The molecule has 0 unspecified atom stereocenters. The van der Waals surface area contributed by atoms with Crippen molar-refractivity contribution in [2.45, 2.75) is 19.8 Å². The first-order chi connectivity index (χ1) is 13.3. The number of carbonyl (C=O) groups is 1. The zero-order valence-corrected chi connectivity index (χ0v) is 15.1. The molecule has 27 heavy (non-hydrogen) atoms. The minimum absolute atomic E-state index is 0.316. The van der Waals surface area contributed by atoms with Gasteiger partial charge in [0.25, 0.3) is 5.91 Å². The third kappa shape index (κ3) is 5.01. The van der Waals surface area contributed by atoms with Crippen LogP contribution in [0.15, 0.2) is 60.0 Å². The molecule has 7 heteroatoms. The molecule has 2 heterocycles. The number of para-hydroxylation sites is 1. The number of amides is 1. The summed E-state index contributed by atoms with van der Waals surface area (Å²) in [5.41, 5.74) is 5.06. The zero-order chi connectivity index (χ0) is 18.9. The highest BCUT2D eigenvalue weighted by atomic mass is 16.5. The Bertz CT molecular complexity index is 906. The molecule has 0 atom stereocenters. The van der Waals surface area contributed by atoms with Crippen LogP contribution in [0.2, 0.25) is 0 Å². The van der Waals surface area contributed by atoms with Gasteiger partial charge in [0.2, 0.25) is 0 Å². The van der Waals surface area contributed by atoms with Gasteiger partial charge in [-0.05, 0) is 30.7 Å². The van der Waals surface area contributed by atoms with Gasteiger partial charge in [-0.15, -0.1) is 0 Å². The first-order valence-electron chi connectivity index (χ1n) is 8.79. The minimum Gasteiger partial charge on any atom is -0.493 e.